The summed E-state index contributed by atoms with van der Waals surface area (Å²) < 4.78 is 1.72. The number of hydrogen-bond acceptors (Lipinski definition) is 3. The number of anilines is 1. The molecule has 1 saturated heterocycles. The van der Waals surface area contributed by atoms with Crippen LogP contribution in [-0.2, 0) is 0 Å². The molecule has 4 rings (SSSR count). The van der Waals surface area contributed by atoms with Gasteiger partial charge in [-0.25, -0.2) is 9.67 Å². The van der Waals surface area contributed by atoms with E-state index in [2.05, 4.69) is 26.0 Å². The molecule has 21 heavy (non-hydrogen) atoms. The predicted octanol–water partition coefficient (Wildman–Crippen LogP) is 3.39. The van der Waals surface area contributed by atoms with Gasteiger partial charge in [0.25, 0.3) is 0 Å². The molecule has 3 heterocycles. The number of fused-ring (bicyclic) bond motifs is 1. The van der Waals surface area contributed by atoms with E-state index in [1.54, 1.807) is 10.9 Å². The molecule has 0 saturated carbocycles. The number of imidazole rings is 1. The zero-order valence-electron chi connectivity index (χ0n) is 11.6. The van der Waals surface area contributed by atoms with Crippen molar-refractivity contribution in [2.75, 3.05) is 18.0 Å². The van der Waals surface area contributed by atoms with Crippen molar-refractivity contribution in [1.29, 1.82) is 0 Å². The van der Waals surface area contributed by atoms with Crippen molar-refractivity contribution >= 4 is 28.3 Å². The topological polar surface area (TPSA) is 49.7 Å². The summed E-state index contributed by atoms with van der Waals surface area (Å²) in [6.07, 6.45) is 7.37. The Bertz CT molecular complexity index is 756. The minimum absolute atomic E-state index is 0.710. The first-order valence-corrected chi connectivity index (χ1v) is 7.63. The Labute approximate surface area is 127 Å². The Hall–Kier alpha value is -2.01. The second-order valence-corrected chi connectivity index (χ2v) is 5.79. The number of aromatic amines is 1. The smallest absolute Gasteiger partial charge is 0.229 e. The van der Waals surface area contributed by atoms with Gasteiger partial charge in [-0.1, -0.05) is 11.6 Å². The van der Waals surface area contributed by atoms with E-state index in [0.29, 0.717) is 5.95 Å². The van der Waals surface area contributed by atoms with Crippen molar-refractivity contribution in [3.8, 4) is 5.95 Å². The minimum Gasteiger partial charge on any atom is -0.370 e. The van der Waals surface area contributed by atoms with Gasteiger partial charge in [0.1, 0.15) is 0 Å². The zero-order chi connectivity index (χ0) is 14.2. The third kappa shape index (κ3) is 2.27. The van der Waals surface area contributed by atoms with E-state index in [1.165, 1.54) is 19.3 Å². The van der Waals surface area contributed by atoms with E-state index in [9.17, 15) is 0 Å². The second kappa shape index (κ2) is 5.07. The first kappa shape index (κ1) is 12.7. The maximum Gasteiger partial charge on any atom is 0.229 e. The van der Waals surface area contributed by atoms with Crippen LogP contribution in [0.4, 0.5) is 5.69 Å². The number of piperidine rings is 1. The van der Waals surface area contributed by atoms with Crippen LogP contribution in [0, 0.1) is 0 Å². The van der Waals surface area contributed by atoms with Crippen LogP contribution in [-0.4, -0.2) is 32.8 Å². The molecule has 1 aromatic carbocycles. The SMILES string of the molecule is Clc1cc2[nH]c(-n3cccn3)nc2cc1N1CCCCC1. The summed E-state index contributed by atoms with van der Waals surface area (Å²) in [5.41, 5.74) is 2.94. The molecule has 108 valence electrons. The van der Waals surface area contributed by atoms with Gasteiger partial charge in [-0.3, -0.25) is 0 Å². The van der Waals surface area contributed by atoms with Gasteiger partial charge >= 0.3 is 0 Å². The number of rotatable bonds is 2. The van der Waals surface area contributed by atoms with Crippen molar-refractivity contribution in [3.05, 3.63) is 35.6 Å². The first-order valence-electron chi connectivity index (χ1n) is 7.25. The van der Waals surface area contributed by atoms with Crippen molar-refractivity contribution in [3.63, 3.8) is 0 Å². The van der Waals surface area contributed by atoms with Crippen LogP contribution in [0.1, 0.15) is 19.3 Å². The Morgan fingerprint density at radius 3 is 2.76 bits per heavy atom. The van der Waals surface area contributed by atoms with E-state index in [4.69, 9.17) is 11.6 Å². The van der Waals surface area contributed by atoms with Crippen molar-refractivity contribution in [2.24, 2.45) is 0 Å². The standard InChI is InChI=1S/C15H16ClN5/c16-11-9-12-13(10-14(11)20-6-2-1-3-7-20)19-15(18-12)21-8-4-5-17-21/h4-5,8-10H,1-3,6-7H2,(H,18,19). The van der Waals surface area contributed by atoms with Crippen LogP contribution in [0.15, 0.2) is 30.6 Å². The molecule has 0 spiro atoms. The lowest BCUT2D eigenvalue weighted by molar-refractivity contribution is 0.578. The molecule has 6 heteroatoms. The summed E-state index contributed by atoms with van der Waals surface area (Å²) in [4.78, 5) is 10.2. The van der Waals surface area contributed by atoms with Gasteiger partial charge in [-0.2, -0.15) is 5.10 Å². The van der Waals surface area contributed by atoms with Crippen molar-refractivity contribution in [1.82, 2.24) is 19.7 Å². The maximum absolute atomic E-state index is 6.46. The summed E-state index contributed by atoms with van der Waals surface area (Å²) in [5, 5.41) is 4.97. The van der Waals surface area contributed by atoms with Gasteiger partial charge in [0.05, 0.1) is 21.7 Å². The monoisotopic (exact) mass is 301 g/mol. The third-order valence-electron chi connectivity index (χ3n) is 3.96. The van der Waals surface area contributed by atoms with Crippen LogP contribution >= 0.6 is 11.6 Å². The summed E-state index contributed by atoms with van der Waals surface area (Å²) in [5.74, 6) is 0.710. The van der Waals surface area contributed by atoms with Crippen molar-refractivity contribution < 1.29 is 0 Å². The number of H-pyrrole nitrogens is 1. The molecule has 0 unspecified atom stereocenters. The summed E-state index contributed by atoms with van der Waals surface area (Å²) >= 11 is 6.46. The van der Waals surface area contributed by atoms with E-state index in [0.717, 1.165) is 34.8 Å². The number of nitrogens with zero attached hydrogens (tertiary/aromatic N) is 4. The van der Waals surface area contributed by atoms with E-state index < -0.39 is 0 Å². The molecule has 5 nitrogen and oxygen atoms in total. The molecule has 0 aliphatic carbocycles. The van der Waals surface area contributed by atoms with Gasteiger partial charge < -0.3 is 9.88 Å². The number of aromatic nitrogens is 4. The molecule has 1 N–H and O–H groups in total. The molecule has 1 aliphatic rings. The Balaban J connectivity index is 1.77. The highest BCUT2D eigenvalue weighted by atomic mass is 35.5. The van der Waals surface area contributed by atoms with Gasteiger partial charge in [-0.15, -0.1) is 0 Å². The van der Waals surface area contributed by atoms with Crippen LogP contribution in [0.25, 0.3) is 17.0 Å². The average molecular weight is 302 g/mol. The highest BCUT2D eigenvalue weighted by Gasteiger charge is 2.16. The van der Waals surface area contributed by atoms with Crippen LogP contribution in [0.5, 0.6) is 0 Å². The number of benzene rings is 1. The van der Waals surface area contributed by atoms with Crippen LogP contribution in [0.3, 0.4) is 0 Å². The lowest BCUT2D eigenvalue weighted by Gasteiger charge is -2.29. The highest BCUT2D eigenvalue weighted by molar-refractivity contribution is 6.34. The molecular formula is C15H16ClN5. The second-order valence-electron chi connectivity index (χ2n) is 5.38. The molecule has 0 atom stereocenters. The Morgan fingerprint density at radius 2 is 2.00 bits per heavy atom. The molecule has 1 fully saturated rings. The molecule has 0 bridgehead atoms. The summed E-state index contributed by atoms with van der Waals surface area (Å²) in [7, 11) is 0. The molecule has 0 amide bonds. The molecule has 0 radical (unpaired) electrons. The average Bonchev–Trinajstić information content (AvgIpc) is 3.16. The highest BCUT2D eigenvalue weighted by Crippen LogP contribution is 2.32. The normalized spacial score (nSPS) is 15.8. The molecule has 3 aromatic rings. The fourth-order valence-corrected chi connectivity index (χ4v) is 3.17. The largest absolute Gasteiger partial charge is 0.370 e. The number of halogens is 1. The fraction of sp³-hybridized carbons (Fsp3) is 0.333. The zero-order valence-corrected chi connectivity index (χ0v) is 12.3. The van der Waals surface area contributed by atoms with E-state index >= 15 is 0 Å². The number of nitrogens with one attached hydrogen (secondary N) is 1. The van der Waals surface area contributed by atoms with Gasteiger partial charge in [0.2, 0.25) is 5.95 Å². The van der Waals surface area contributed by atoms with E-state index in [-0.39, 0.29) is 0 Å². The first-order chi connectivity index (χ1) is 10.3. The lowest BCUT2D eigenvalue weighted by atomic mass is 10.1. The Kier molecular flexibility index (Phi) is 3.07. The van der Waals surface area contributed by atoms with Gasteiger partial charge in [-0.05, 0) is 37.5 Å². The van der Waals surface area contributed by atoms with Crippen molar-refractivity contribution in [2.45, 2.75) is 19.3 Å². The molecular weight excluding hydrogens is 286 g/mol. The predicted molar refractivity (Wildman–Crippen MR) is 84.3 cm³/mol. The molecule has 1 aliphatic heterocycles. The minimum atomic E-state index is 0.710. The van der Waals surface area contributed by atoms with Crippen LogP contribution < -0.4 is 4.90 Å². The quantitative estimate of drug-likeness (QED) is 0.789. The lowest BCUT2D eigenvalue weighted by Crippen LogP contribution is -2.29. The number of hydrogen-bond donors (Lipinski definition) is 1. The third-order valence-corrected chi connectivity index (χ3v) is 4.26. The Morgan fingerprint density at radius 1 is 1.14 bits per heavy atom. The van der Waals surface area contributed by atoms with Crippen LogP contribution in [0.2, 0.25) is 5.02 Å². The summed E-state index contributed by atoms with van der Waals surface area (Å²) in [6, 6.07) is 5.91. The molecule has 2 aromatic heterocycles. The van der Waals surface area contributed by atoms with Gasteiger partial charge in [0, 0.05) is 25.5 Å². The summed E-state index contributed by atoms with van der Waals surface area (Å²) in [6.45, 7) is 2.14. The van der Waals surface area contributed by atoms with E-state index in [1.807, 2.05) is 18.3 Å². The van der Waals surface area contributed by atoms with Gasteiger partial charge in [0.15, 0.2) is 0 Å². The maximum atomic E-state index is 6.46. The fourth-order valence-electron chi connectivity index (χ4n) is 2.89.